The second kappa shape index (κ2) is 41.3. The summed E-state index contributed by atoms with van der Waals surface area (Å²) in [5.74, 6) is 1.07. The maximum absolute atomic E-state index is 5.89. The number of hydrogen-bond acceptors (Lipinski definition) is 2. The van der Waals surface area contributed by atoms with E-state index in [4.69, 9.17) is 4.74 Å². The molecule has 0 atom stereocenters. The quantitative estimate of drug-likeness (QED) is 0.0538. The molecule has 0 rings (SSSR count). The van der Waals surface area contributed by atoms with Crippen LogP contribution < -0.4 is 0 Å². The molecule has 2 heteroatoms. The Bertz CT molecular complexity index is 399. The minimum absolute atomic E-state index is 0.995. The van der Waals surface area contributed by atoms with Gasteiger partial charge in [0.25, 0.3) is 0 Å². The van der Waals surface area contributed by atoms with Crippen LogP contribution in [0, 0.1) is 0 Å². The van der Waals surface area contributed by atoms with Gasteiger partial charge in [-0.25, -0.2) is 0 Å². The number of unbranched alkanes of at least 4 members (excludes halogenated alkanes) is 34. The fourth-order valence-corrected chi connectivity index (χ4v) is 6.58. The molecule has 0 aliphatic heterocycles. The Balaban J connectivity index is 3.02. The van der Waals surface area contributed by atoms with Gasteiger partial charge in [0, 0.05) is 13.2 Å². The third-order valence-electron chi connectivity index (χ3n) is 9.34. The van der Waals surface area contributed by atoms with Crippen molar-refractivity contribution >= 4 is 12.6 Å². The molecule has 0 amide bonds. The largest absolute Gasteiger partial charge is 0.381 e. The molecule has 0 aromatic carbocycles. The monoisotopic (exact) mass is 611 g/mol. The smallest absolute Gasteiger partial charge is 0.0466 e. The Morgan fingerprint density at radius 2 is 0.452 bits per heavy atom. The number of thiol groups is 1. The summed E-state index contributed by atoms with van der Waals surface area (Å²) >= 11 is 4.29. The van der Waals surface area contributed by atoms with Gasteiger partial charge in [-0.1, -0.05) is 219 Å². The van der Waals surface area contributed by atoms with Crippen LogP contribution in [0.15, 0.2) is 0 Å². The summed E-state index contributed by atoms with van der Waals surface area (Å²) in [4.78, 5) is 0. The van der Waals surface area contributed by atoms with Crippen LogP contribution in [0.2, 0.25) is 0 Å². The van der Waals surface area contributed by atoms with E-state index in [1.54, 1.807) is 0 Å². The zero-order chi connectivity index (χ0) is 30.3. The molecule has 0 N–H and O–H groups in total. The average Bonchev–Trinajstić information content (AvgIpc) is 3.00. The minimum atomic E-state index is 0.995. The summed E-state index contributed by atoms with van der Waals surface area (Å²) in [5, 5.41) is 0. The summed E-state index contributed by atoms with van der Waals surface area (Å²) in [5.41, 5.74) is 0. The Hall–Kier alpha value is 0.310. The van der Waals surface area contributed by atoms with Gasteiger partial charge in [0.15, 0.2) is 0 Å². The maximum Gasteiger partial charge on any atom is 0.0466 e. The molecule has 0 unspecified atom stereocenters. The predicted molar refractivity (Wildman–Crippen MR) is 197 cm³/mol. The van der Waals surface area contributed by atoms with E-state index in [2.05, 4.69) is 19.6 Å². The SMILES string of the molecule is CCCCCCCCCCCCCCCCCCOCCCCCCCCCCCCCCCCCCCCCCS. The first-order valence-corrected chi connectivity index (χ1v) is 20.7. The molecule has 42 heavy (non-hydrogen) atoms. The fraction of sp³-hybridized carbons (Fsp3) is 1.00. The third-order valence-corrected chi connectivity index (χ3v) is 9.66. The van der Waals surface area contributed by atoms with Crippen molar-refractivity contribution in [2.75, 3.05) is 19.0 Å². The molecule has 0 spiro atoms. The standard InChI is InChI=1S/C40H82OS/c1-2-3-4-5-6-7-8-9-10-17-20-23-26-29-32-35-38-41-39-36-33-30-27-24-21-18-15-13-11-12-14-16-19-22-25-28-31-34-37-40-42/h42H,2-40H2,1H3. The van der Waals surface area contributed by atoms with E-state index in [1.165, 1.54) is 231 Å². The van der Waals surface area contributed by atoms with Gasteiger partial charge in [-0.3, -0.25) is 0 Å². The Kier molecular flexibility index (Phi) is 41.6. The van der Waals surface area contributed by atoms with Crippen molar-refractivity contribution in [1.29, 1.82) is 0 Å². The Labute approximate surface area is 273 Å². The molecular formula is C40H82OS. The molecule has 0 radical (unpaired) electrons. The van der Waals surface area contributed by atoms with Crippen LogP contribution in [0.4, 0.5) is 0 Å². The second-order valence-electron chi connectivity index (χ2n) is 13.7. The van der Waals surface area contributed by atoms with E-state index in [0.717, 1.165) is 19.0 Å². The van der Waals surface area contributed by atoms with Gasteiger partial charge in [-0.2, -0.15) is 12.6 Å². The topological polar surface area (TPSA) is 9.23 Å². The molecule has 0 fully saturated rings. The summed E-state index contributed by atoms with van der Waals surface area (Å²) in [7, 11) is 0. The van der Waals surface area contributed by atoms with Gasteiger partial charge in [-0.05, 0) is 25.0 Å². The van der Waals surface area contributed by atoms with Gasteiger partial charge >= 0.3 is 0 Å². The Morgan fingerprint density at radius 1 is 0.262 bits per heavy atom. The highest BCUT2D eigenvalue weighted by Gasteiger charge is 1.97. The molecule has 0 aliphatic carbocycles. The van der Waals surface area contributed by atoms with Gasteiger partial charge in [0.05, 0.1) is 0 Å². The van der Waals surface area contributed by atoms with Gasteiger partial charge in [0.2, 0.25) is 0 Å². The van der Waals surface area contributed by atoms with Crippen LogP contribution in [0.3, 0.4) is 0 Å². The molecule has 0 aliphatic rings. The average molecular weight is 611 g/mol. The minimum Gasteiger partial charge on any atom is -0.381 e. The van der Waals surface area contributed by atoms with Crippen molar-refractivity contribution in [3.05, 3.63) is 0 Å². The van der Waals surface area contributed by atoms with Crippen molar-refractivity contribution in [2.45, 2.75) is 238 Å². The molecule has 254 valence electrons. The lowest BCUT2D eigenvalue weighted by atomic mass is 10.0. The Morgan fingerprint density at radius 3 is 0.667 bits per heavy atom. The van der Waals surface area contributed by atoms with Crippen LogP contribution in [-0.2, 0) is 4.74 Å². The fourth-order valence-electron chi connectivity index (χ4n) is 6.35. The van der Waals surface area contributed by atoms with E-state index < -0.39 is 0 Å². The molecular weight excluding hydrogens is 529 g/mol. The lowest BCUT2D eigenvalue weighted by molar-refractivity contribution is 0.125. The van der Waals surface area contributed by atoms with Crippen molar-refractivity contribution in [2.24, 2.45) is 0 Å². The van der Waals surface area contributed by atoms with Gasteiger partial charge in [0.1, 0.15) is 0 Å². The highest BCUT2D eigenvalue weighted by Crippen LogP contribution is 2.16. The summed E-state index contributed by atoms with van der Waals surface area (Å²) in [6, 6.07) is 0. The normalized spacial score (nSPS) is 11.6. The molecule has 0 bridgehead atoms. The van der Waals surface area contributed by atoms with Crippen LogP contribution in [0.1, 0.15) is 238 Å². The maximum atomic E-state index is 5.89. The molecule has 0 heterocycles. The number of ether oxygens (including phenoxy) is 1. The van der Waals surface area contributed by atoms with Gasteiger partial charge < -0.3 is 4.74 Å². The lowest BCUT2D eigenvalue weighted by Crippen LogP contribution is -1.97. The molecule has 0 aromatic rings. The van der Waals surface area contributed by atoms with Crippen LogP contribution in [0.5, 0.6) is 0 Å². The zero-order valence-corrected chi connectivity index (χ0v) is 30.3. The summed E-state index contributed by atoms with van der Waals surface area (Å²) in [6.07, 6.45) is 51.7. The first kappa shape index (κ1) is 42.3. The number of rotatable bonds is 39. The molecule has 0 saturated heterocycles. The van der Waals surface area contributed by atoms with Crippen LogP contribution in [0.25, 0.3) is 0 Å². The van der Waals surface area contributed by atoms with Gasteiger partial charge in [-0.15, -0.1) is 0 Å². The lowest BCUT2D eigenvalue weighted by Gasteiger charge is -2.06. The molecule has 0 aromatic heterocycles. The van der Waals surface area contributed by atoms with E-state index in [-0.39, 0.29) is 0 Å². The van der Waals surface area contributed by atoms with Crippen molar-refractivity contribution in [3.63, 3.8) is 0 Å². The molecule has 1 nitrogen and oxygen atoms in total. The highest BCUT2D eigenvalue weighted by atomic mass is 32.1. The summed E-state index contributed by atoms with van der Waals surface area (Å²) < 4.78 is 5.89. The summed E-state index contributed by atoms with van der Waals surface area (Å²) in [6.45, 7) is 4.30. The van der Waals surface area contributed by atoms with E-state index >= 15 is 0 Å². The first-order valence-electron chi connectivity index (χ1n) is 20.1. The molecule has 0 saturated carbocycles. The first-order chi connectivity index (χ1) is 20.9. The van der Waals surface area contributed by atoms with Crippen molar-refractivity contribution < 1.29 is 4.74 Å². The third kappa shape index (κ3) is 40.3. The highest BCUT2D eigenvalue weighted by molar-refractivity contribution is 7.80. The van der Waals surface area contributed by atoms with E-state index in [9.17, 15) is 0 Å². The van der Waals surface area contributed by atoms with Crippen LogP contribution >= 0.6 is 12.6 Å². The zero-order valence-electron chi connectivity index (χ0n) is 29.4. The van der Waals surface area contributed by atoms with Crippen molar-refractivity contribution in [3.8, 4) is 0 Å². The van der Waals surface area contributed by atoms with Crippen molar-refractivity contribution in [1.82, 2.24) is 0 Å². The second-order valence-corrected chi connectivity index (χ2v) is 14.2. The predicted octanol–water partition coefficient (Wildman–Crippen LogP) is 15.0. The number of hydrogen-bond donors (Lipinski definition) is 1. The van der Waals surface area contributed by atoms with E-state index in [1.807, 2.05) is 0 Å². The van der Waals surface area contributed by atoms with Crippen LogP contribution in [-0.4, -0.2) is 19.0 Å². The van der Waals surface area contributed by atoms with E-state index in [0.29, 0.717) is 0 Å².